The van der Waals surface area contributed by atoms with Gasteiger partial charge in [0.15, 0.2) is 0 Å². The lowest BCUT2D eigenvalue weighted by Gasteiger charge is -2.19. The Morgan fingerprint density at radius 1 is 1.31 bits per heavy atom. The summed E-state index contributed by atoms with van der Waals surface area (Å²) < 4.78 is 14.2. The van der Waals surface area contributed by atoms with E-state index in [-0.39, 0.29) is 11.9 Å². The lowest BCUT2D eigenvalue weighted by molar-refractivity contribution is 0.462. The van der Waals surface area contributed by atoms with E-state index in [1.54, 1.807) is 12.1 Å². The highest BCUT2D eigenvalue weighted by molar-refractivity contribution is 9.10. The number of hydrogen-bond donors (Lipinski definition) is 1. The lowest BCUT2D eigenvalue weighted by Crippen LogP contribution is -2.17. The molecule has 0 saturated carbocycles. The van der Waals surface area contributed by atoms with Gasteiger partial charge in [-0.3, -0.25) is 0 Å². The Balaban J connectivity index is 2.81. The van der Waals surface area contributed by atoms with Gasteiger partial charge in [-0.25, -0.2) is 4.39 Å². The third-order valence-electron chi connectivity index (χ3n) is 2.71. The molecule has 0 aromatic heterocycles. The first-order valence-electron chi connectivity index (χ1n) is 5.66. The molecule has 0 heterocycles. The van der Waals surface area contributed by atoms with Gasteiger partial charge in [0.2, 0.25) is 0 Å². The van der Waals surface area contributed by atoms with Crippen LogP contribution >= 0.6 is 15.9 Å². The summed E-state index contributed by atoms with van der Waals surface area (Å²) in [6.07, 6.45) is 2.16. The predicted molar refractivity (Wildman–Crippen MR) is 70.0 cm³/mol. The first kappa shape index (κ1) is 13.7. The normalized spacial score (nSPS) is 13.1. The molecule has 0 amide bonds. The number of hydrogen-bond acceptors (Lipinski definition) is 1. The SMILES string of the molecule is CNC(CCC(C)C)c1cc(F)ccc1Br. The van der Waals surface area contributed by atoms with Crippen molar-refractivity contribution in [2.24, 2.45) is 5.92 Å². The Hall–Kier alpha value is -0.410. The number of benzene rings is 1. The minimum atomic E-state index is -0.178. The first-order chi connectivity index (χ1) is 7.54. The number of halogens is 2. The number of rotatable bonds is 5. The zero-order valence-corrected chi connectivity index (χ0v) is 11.6. The Bertz CT molecular complexity index is 339. The molecule has 0 aliphatic rings. The molecular formula is C13H19BrFN. The first-order valence-corrected chi connectivity index (χ1v) is 6.46. The van der Waals surface area contributed by atoms with E-state index in [0.717, 1.165) is 22.9 Å². The van der Waals surface area contributed by atoms with Crippen LogP contribution in [-0.2, 0) is 0 Å². The molecule has 1 nitrogen and oxygen atoms in total. The van der Waals surface area contributed by atoms with E-state index in [9.17, 15) is 4.39 Å². The summed E-state index contributed by atoms with van der Waals surface area (Å²) in [5.74, 6) is 0.492. The predicted octanol–water partition coefficient (Wildman–Crippen LogP) is 4.28. The standard InChI is InChI=1S/C13H19BrFN/c1-9(2)4-7-13(16-3)11-8-10(15)5-6-12(11)14/h5-6,8-9,13,16H,4,7H2,1-3H3. The summed E-state index contributed by atoms with van der Waals surface area (Å²) in [5.41, 5.74) is 1.00. The molecule has 1 unspecified atom stereocenters. The van der Waals surface area contributed by atoms with Gasteiger partial charge in [0, 0.05) is 10.5 Å². The molecule has 1 atom stereocenters. The van der Waals surface area contributed by atoms with Crippen LogP contribution in [0, 0.1) is 11.7 Å². The molecule has 0 aliphatic carbocycles. The average Bonchev–Trinajstić information content (AvgIpc) is 2.23. The third-order valence-corrected chi connectivity index (χ3v) is 3.44. The van der Waals surface area contributed by atoms with Crippen molar-refractivity contribution in [3.8, 4) is 0 Å². The maximum absolute atomic E-state index is 13.2. The van der Waals surface area contributed by atoms with Crippen molar-refractivity contribution in [2.75, 3.05) is 7.05 Å². The fourth-order valence-corrected chi connectivity index (χ4v) is 2.26. The molecule has 1 aromatic carbocycles. The van der Waals surface area contributed by atoms with Crippen LogP contribution in [0.2, 0.25) is 0 Å². The molecule has 1 rings (SSSR count). The summed E-state index contributed by atoms with van der Waals surface area (Å²) >= 11 is 3.47. The molecule has 90 valence electrons. The van der Waals surface area contributed by atoms with Crippen LogP contribution in [-0.4, -0.2) is 7.05 Å². The molecule has 0 spiro atoms. The molecule has 1 N–H and O–H groups in total. The van der Waals surface area contributed by atoms with Crippen LogP contribution in [0.15, 0.2) is 22.7 Å². The maximum Gasteiger partial charge on any atom is 0.123 e. The number of nitrogens with one attached hydrogen (secondary N) is 1. The zero-order valence-electron chi connectivity index (χ0n) is 10.1. The lowest BCUT2D eigenvalue weighted by atomic mass is 9.98. The topological polar surface area (TPSA) is 12.0 Å². The Morgan fingerprint density at radius 2 is 2.00 bits per heavy atom. The Labute approximate surface area is 106 Å². The largest absolute Gasteiger partial charge is 0.313 e. The fraction of sp³-hybridized carbons (Fsp3) is 0.538. The van der Waals surface area contributed by atoms with Gasteiger partial charge in [-0.05, 0) is 49.6 Å². The quantitative estimate of drug-likeness (QED) is 0.852. The van der Waals surface area contributed by atoms with Gasteiger partial charge < -0.3 is 5.32 Å². The van der Waals surface area contributed by atoms with Crippen LogP contribution in [0.4, 0.5) is 4.39 Å². The van der Waals surface area contributed by atoms with Crippen molar-refractivity contribution >= 4 is 15.9 Å². The third kappa shape index (κ3) is 3.87. The summed E-state index contributed by atoms with van der Waals surface area (Å²) in [7, 11) is 1.92. The van der Waals surface area contributed by atoms with Gasteiger partial charge >= 0.3 is 0 Å². The van der Waals surface area contributed by atoms with Crippen molar-refractivity contribution in [1.82, 2.24) is 5.32 Å². The smallest absolute Gasteiger partial charge is 0.123 e. The second-order valence-electron chi connectivity index (χ2n) is 4.48. The van der Waals surface area contributed by atoms with Gasteiger partial charge in [0.1, 0.15) is 5.82 Å². The van der Waals surface area contributed by atoms with Crippen molar-refractivity contribution in [3.63, 3.8) is 0 Å². The molecule has 3 heteroatoms. The minimum Gasteiger partial charge on any atom is -0.313 e. The fourth-order valence-electron chi connectivity index (χ4n) is 1.74. The van der Waals surface area contributed by atoms with Crippen LogP contribution in [0.5, 0.6) is 0 Å². The van der Waals surface area contributed by atoms with Crippen LogP contribution < -0.4 is 5.32 Å². The molecule has 1 aromatic rings. The van der Waals surface area contributed by atoms with E-state index in [1.165, 1.54) is 6.07 Å². The molecular weight excluding hydrogens is 269 g/mol. The molecule has 0 radical (unpaired) electrons. The van der Waals surface area contributed by atoms with Crippen molar-refractivity contribution < 1.29 is 4.39 Å². The van der Waals surface area contributed by atoms with E-state index >= 15 is 0 Å². The highest BCUT2D eigenvalue weighted by Gasteiger charge is 2.13. The summed E-state index contributed by atoms with van der Waals surface area (Å²) in [6, 6.07) is 5.06. The van der Waals surface area contributed by atoms with Gasteiger partial charge in [-0.15, -0.1) is 0 Å². The molecule has 0 fully saturated rings. The molecule has 0 saturated heterocycles. The van der Waals surface area contributed by atoms with Crippen LogP contribution in [0.1, 0.15) is 38.3 Å². The summed E-state index contributed by atoms with van der Waals surface area (Å²) in [4.78, 5) is 0. The van der Waals surface area contributed by atoms with E-state index in [1.807, 2.05) is 7.05 Å². The van der Waals surface area contributed by atoms with Crippen molar-refractivity contribution in [3.05, 3.63) is 34.1 Å². The van der Waals surface area contributed by atoms with Crippen LogP contribution in [0.3, 0.4) is 0 Å². The maximum atomic E-state index is 13.2. The second kappa shape index (κ2) is 6.36. The average molecular weight is 288 g/mol. The highest BCUT2D eigenvalue weighted by atomic mass is 79.9. The van der Waals surface area contributed by atoms with E-state index in [4.69, 9.17) is 0 Å². The van der Waals surface area contributed by atoms with Gasteiger partial charge in [0.25, 0.3) is 0 Å². The van der Waals surface area contributed by atoms with Crippen molar-refractivity contribution in [2.45, 2.75) is 32.7 Å². The second-order valence-corrected chi connectivity index (χ2v) is 5.33. The summed E-state index contributed by atoms with van der Waals surface area (Å²) in [5, 5.41) is 3.25. The highest BCUT2D eigenvalue weighted by Crippen LogP contribution is 2.28. The zero-order chi connectivity index (χ0) is 12.1. The van der Waals surface area contributed by atoms with Crippen LogP contribution in [0.25, 0.3) is 0 Å². The van der Waals surface area contributed by atoms with E-state index < -0.39 is 0 Å². The monoisotopic (exact) mass is 287 g/mol. The molecule has 0 bridgehead atoms. The van der Waals surface area contributed by atoms with Gasteiger partial charge in [0.05, 0.1) is 0 Å². The van der Waals surface area contributed by atoms with Gasteiger partial charge in [-0.2, -0.15) is 0 Å². The Morgan fingerprint density at radius 3 is 2.56 bits per heavy atom. The van der Waals surface area contributed by atoms with E-state index in [2.05, 4.69) is 35.1 Å². The van der Waals surface area contributed by atoms with E-state index in [0.29, 0.717) is 5.92 Å². The van der Waals surface area contributed by atoms with Gasteiger partial charge in [-0.1, -0.05) is 29.8 Å². The minimum absolute atomic E-state index is 0.178. The van der Waals surface area contributed by atoms with Crippen molar-refractivity contribution in [1.29, 1.82) is 0 Å². The Kier molecular flexibility index (Phi) is 5.42. The molecule has 16 heavy (non-hydrogen) atoms. The molecule has 0 aliphatic heterocycles. The summed E-state index contributed by atoms with van der Waals surface area (Å²) in [6.45, 7) is 4.40.